The molecule has 0 N–H and O–H groups in total. The molecule has 12 aromatic rings. The van der Waals surface area contributed by atoms with Crippen LogP contribution in [-0.2, 0) is 0 Å². The van der Waals surface area contributed by atoms with Gasteiger partial charge in [0.25, 0.3) is 0 Å². The van der Waals surface area contributed by atoms with E-state index in [4.69, 9.17) is 18.2 Å². The zero-order valence-corrected chi connectivity index (χ0v) is 81.4. The molecule has 0 unspecified atom stereocenters. The molecule has 12 aromatic heterocycles. The zero-order valence-electron chi connectivity index (χ0n) is 70.8. The van der Waals surface area contributed by atoms with E-state index >= 15 is 0 Å². The molecule has 644 valence electrons. The van der Waals surface area contributed by atoms with Crippen LogP contribution in [0, 0.1) is 66.0 Å². The molecule has 0 amide bonds. The predicted molar refractivity (Wildman–Crippen MR) is 546 cm³/mol. The largest absolute Gasteiger partial charge is 0.237 e. The highest BCUT2D eigenvalue weighted by molar-refractivity contribution is 7.12. The van der Waals surface area contributed by atoms with Gasteiger partial charge >= 0.3 is 0 Å². The van der Waals surface area contributed by atoms with Crippen molar-refractivity contribution in [1.82, 2.24) is 0 Å². The van der Waals surface area contributed by atoms with Crippen molar-refractivity contribution in [2.75, 3.05) is 0 Å². The van der Waals surface area contributed by atoms with E-state index in [9.17, 15) is 8.78 Å². The molecule has 16 heteroatoms. The van der Waals surface area contributed by atoms with Crippen LogP contribution in [0.25, 0.3) is 4.85 Å². The van der Waals surface area contributed by atoms with E-state index in [0.717, 1.165) is 21.8 Å². The standard InChI is InChI=1S/C8H9NS.7C8H12S.C7H9ClS.2C7H9FS.C7H10S.6CH4/c1-6(2)7-4-10-5-8(7)9-3;2*1-6(2)8-5-9-4-7(8)3;5*1-6(2)8-4-5-9-7(8)3;2*1-5(2)6-3-9-4-7(6)8;1-5(2)6-3-7(8)9-4-6;1-6(2)7-3-4-8-5-7;;;;;;/h4-6H,1-2H3;7*4-6H,1-3H3;3*3-5H,1-2H3;3-6H,1-2H3;6*1H4. The van der Waals surface area contributed by atoms with Crippen molar-refractivity contribution >= 4 is 153 Å². The molecule has 0 aliphatic heterocycles. The normalized spacial score (nSPS) is 10.0. The first-order valence-electron chi connectivity index (χ1n) is 37.6. The molecule has 0 radical (unpaired) electrons. The van der Waals surface area contributed by atoms with Crippen molar-refractivity contribution in [2.45, 2.75) is 330 Å². The Kier molecular flexibility index (Phi) is 69.8. The quantitative estimate of drug-likeness (QED) is 0.107. The Morgan fingerprint density at radius 1 is 0.272 bits per heavy atom. The molecule has 0 saturated carbocycles. The minimum absolute atomic E-state index is 0. The highest BCUT2D eigenvalue weighted by atomic mass is 35.5. The van der Waals surface area contributed by atoms with Gasteiger partial charge < -0.3 is 0 Å². The lowest BCUT2D eigenvalue weighted by Crippen LogP contribution is -1.85. The maximum absolute atomic E-state index is 12.6. The number of halogens is 3. The molecule has 0 atom stereocenters. The van der Waals surface area contributed by atoms with Crippen LogP contribution in [0.15, 0.2) is 139 Å². The molecule has 0 aliphatic rings. The third-order valence-corrected chi connectivity index (χ3v) is 27.2. The fourth-order valence-electron chi connectivity index (χ4n) is 10.4. The Labute approximate surface area is 753 Å². The van der Waals surface area contributed by atoms with Crippen LogP contribution in [0.4, 0.5) is 14.5 Å². The van der Waals surface area contributed by atoms with Gasteiger partial charge in [-0.1, -0.05) is 222 Å². The molecule has 0 spiro atoms. The molecule has 0 aromatic carbocycles. The van der Waals surface area contributed by atoms with Crippen molar-refractivity contribution in [2.24, 2.45) is 0 Å². The first-order valence-corrected chi connectivity index (χ1v) is 48.9. The topological polar surface area (TPSA) is 4.36 Å². The highest BCUT2D eigenvalue weighted by Crippen LogP contribution is 2.33. The molecular formula is C98H154ClF2NS12. The van der Waals surface area contributed by atoms with Gasteiger partial charge in [0.15, 0.2) is 5.13 Å². The Bertz CT molecular complexity index is 3570. The van der Waals surface area contributed by atoms with Gasteiger partial charge in [-0.25, -0.2) is 9.24 Å². The lowest BCUT2D eigenvalue weighted by molar-refractivity contribution is 0.605. The molecule has 114 heavy (non-hydrogen) atoms. The monoisotopic (exact) mass is 1800 g/mol. The number of aryl methyl sites for hydroxylation is 7. The smallest absolute Gasteiger partial charge is 0.201 e. The van der Waals surface area contributed by atoms with E-state index in [1.165, 1.54) is 119 Å². The molecular weight excluding hydrogens is 1650 g/mol. The molecule has 0 fully saturated rings. The minimum Gasteiger partial charge on any atom is -0.237 e. The molecule has 0 aliphatic carbocycles. The van der Waals surface area contributed by atoms with Gasteiger partial charge in [-0.3, -0.25) is 0 Å². The number of rotatable bonds is 12. The molecule has 1 nitrogen and oxygen atoms in total. The summed E-state index contributed by atoms with van der Waals surface area (Å²) in [5.41, 5.74) is 20.0. The summed E-state index contributed by atoms with van der Waals surface area (Å²) in [4.78, 5) is 10.7. The van der Waals surface area contributed by atoms with Crippen molar-refractivity contribution < 1.29 is 8.78 Å². The molecule has 12 rings (SSSR count). The van der Waals surface area contributed by atoms with Crippen LogP contribution in [0.3, 0.4) is 0 Å². The Balaban J connectivity index is -0.000000278. The van der Waals surface area contributed by atoms with E-state index < -0.39 is 0 Å². The summed E-state index contributed by atoms with van der Waals surface area (Å²) in [7, 11) is 0. The second-order valence-corrected chi connectivity index (χ2v) is 41.3. The number of hydrogen-bond acceptors (Lipinski definition) is 12. The lowest BCUT2D eigenvalue weighted by atomic mass is 10.0. The Morgan fingerprint density at radius 3 is 0.693 bits per heavy atom. The number of thiophene rings is 12. The van der Waals surface area contributed by atoms with Crippen molar-refractivity contribution in [3.63, 3.8) is 0 Å². The van der Waals surface area contributed by atoms with Crippen LogP contribution >= 0.6 is 148 Å². The van der Waals surface area contributed by atoms with Gasteiger partial charge in [0, 0.05) is 40.7 Å². The summed E-state index contributed by atoms with van der Waals surface area (Å²) in [5, 5.41) is 38.1. The second kappa shape index (κ2) is 65.8. The van der Waals surface area contributed by atoms with Gasteiger partial charge in [0.2, 0.25) is 5.69 Å². The molecule has 0 saturated heterocycles. The number of nitrogens with zero attached hydrogens (tertiary/aromatic N) is 1. The second-order valence-electron chi connectivity index (χ2n) is 30.0. The summed E-state index contributed by atoms with van der Waals surface area (Å²) in [6, 6.07) is 14.8. The van der Waals surface area contributed by atoms with Crippen molar-refractivity contribution in [1.29, 1.82) is 0 Å². The minimum atomic E-state index is -0.0845. The highest BCUT2D eigenvalue weighted by Gasteiger charge is 2.11. The fraction of sp³-hybridized carbons (Fsp3) is 0.500. The van der Waals surface area contributed by atoms with E-state index in [1.54, 1.807) is 62.8 Å². The first kappa shape index (κ1) is 121. The zero-order chi connectivity index (χ0) is 82.1. The van der Waals surface area contributed by atoms with E-state index in [1.807, 2.05) is 92.1 Å². The van der Waals surface area contributed by atoms with E-state index in [-0.39, 0.29) is 55.5 Å². The Hall–Kier alpha value is -3.96. The van der Waals surface area contributed by atoms with Crippen LogP contribution in [0.2, 0.25) is 5.02 Å². The van der Waals surface area contributed by atoms with E-state index in [2.05, 4.69) is 312 Å². The molecule has 12 heterocycles. The lowest BCUT2D eigenvalue weighted by Gasteiger charge is -2.01. The Morgan fingerprint density at radius 2 is 0.553 bits per heavy atom. The average Bonchev–Trinajstić information content (AvgIpc) is 1.76. The van der Waals surface area contributed by atoms with Gasteiger partial charge in [-0.05, 0) is 320 Å². The summed E-state index contributed by atoms with van der Waals surface area (Å²) < 4.78 is 24.9. The fourth-order valence-corrected chi connectivity index (χ4v) is 21.4. The van der Waals surface area contributed by atoms with Crippen molar-refractivity contribution in [3.05, 3.63) is 269 Å². The molecule has 0 bridgehead atoms. The van der Waals surface area contributed by atoms with Crippen LogP contribution in [0.1, 0.15) is 384 Å². The van der Waals surface area contributed by atoms with Gasteiger partial charge in [-0.2, -0.15) is 61.1 Å². The summed E-state index contributed by atoms with van der Waals surface area (Å²) in [5.74, 6) is 7.28. The summed E-state index contributed by atoms with van der Waals surface area (Å²) >= 11 is 26.2. The maximum Gasteiger partial charge on any atom is 0.201 e. The third kappa shape index (κ3) is 47.1. The van der Waals surface area contributed by atoms with Gasteiger partial charge in [0.1, 0.15) is 5.82 Å². The van der Waals surface area contributed by atoms with Crippen LogP contribution < -0.4 is 0 Å². The van der Waals surface area contributed by atoms with Gasteiger partial charge in [-0.15, -0.1) is 79.4 Å². The number of hydrogen-bond donors (Lipinski definition) is 0. The van der Waals surface area contributed by atoms with Gasteiger partial charge in [0.05, 0.1) is 11.6 Å². The predicted octanol–water partition coefficient (Wildman–Crippen LogP) is 41.9. The van der Waals surface area contributed by atoms with Crippen LogP contribution in [-0.4, -0.2) is 0 Å². The summed E-state index contributed by atoms with van der Waals surface area (Å²) in [6.45, 7) is 74.3. The average molecular weight is 1800 g/mol. The first-order chi connectivity index (χ1) is 50.7. The maximum atomic E-state index is 12.6. The van der Waals surface area contributed by atoms with Crippen molar-refractivity contribution in [3.8, 4) is 0 Å². The summed E-state index contributed by atoms with van der Waals surface area (Å²) in [6.07, 6.45) is 0. The van der Waals surface area contributed by atoms with Crippen LogP contribution in [0.5, 0.6) is 0 Å². The van der Waals surface area contributed by atoms with E-state index in [0.29, 0.717) is 71.0 Å². The third-order valence-electron chi connectivity index (χ3n) is 17.0. The SMILES string of the molecule is C.C.C.C.C.C.CC(C)c1ccsc1.CC(C)c1csc(F)c1.CC(C)c1cscc1Cl.CC(C)c1cscc1F.Cc1cscc1C(C)C.Cc1cscc1C(C)C.Cc1sccc1C(C)C.Cc1sccc1C(C)C.Cc1sccc1C(C)C.Cc1sccc1C(C)C.Cc1sccc1C(C)C.[C-]#[N+]c1cscc1C(C)C.